The molecule has 0 atom stereocenters. The Balaban J connectivity index is 2.01. The zero-order chi connectivity index (χ0) is 17.4. The lowest BCUT2D eigenvalue weighted by atomic mass is 10.1. The number of hydrogen-bond donors (Lipinski definition) is 2. The molecule has 1 aliphatic rings. The highest BCUT2D eigenvalue weighted by molar-refractivity contribution is 7.89. The molecule has 0 bridgehead atoms. The summed E-state index contributed by atoms with van der Waals surface area (Å²) in [5.41, 5.74) is 6.67. The molecule has 2 aromatic carbocycles. The van der Waals surface area contributed by atoms with E-state index in [2.05, 4.69) is 4.72 Å². The number of sulfonamides is 1. The number of methoxy groups -OCH3 is 2. The van der Waals surface area contributed by atoms with Gasteiger partial charge >= 0.3 is 0 Å². The molecule has 0 radical (unpaired) electrons. The Bertz CT molecular complexity index is 838. The topological polar surface area (TPSA) is 90.6 Å². The number of hydrogen-bond acceptors (Lipinski definition) is 5. The minimum Gasteiger partial charge on any atom is -0.495 e. The second-order valence-corrected chi connectivity index (χ2v) is 7.42. The van der Waals surface area contributed by atoms with E-state index in [1.807, 2.05) is 12.1 Å². The van der Waals surface area contributed by atoms with E-state index in [1.165, 1.54) is 14.2 Å². The average molecular weight is 348 g/mol. The third-order valence-corrected chi connectivity index (χ3v) is 5.77. The van der Waals surface area contributed by atoms with Crippen molar-refractivity contribution >= 4 is 15.7 Å². The summed E-state index contributed by atoms with van der Waals surface area (Å²) in [4.78, 5) is 0.00479. The van der Waals surface area contributed by atoms with Crippen LogP contribution in [0.5, 0.6) is 11.5 Å². The number of benzene rings is 2. The summed E-state index contributed by atoms with van der Waals surface area (Å²) in [6.07, 6.45) is 1.43. The number of rotatable bonds is 6. The molecule has 3 N–H and O–H groups in total. The van der Waals surface area contributed by atoms with Gasteiger partial charge in [0.05, 0.1) is 19.8 Å². The average Bonchev–Trinajstić information content (AvgIpc) is 3.34. The molecule has 1 fully saturated rings. The first-order valence-corrected chi connectivity index (χ1v) is 9.01. The monoisotopic (exact) mass is 348 g/mol. The van der Waals surface area contributed by atoms with Gasteiger partial charge in [-0.25, -0.2) is 13.1 Å². The van der Waals surface area contributed by atoms with Crippen LogP contribution in [0.25, 0.3) is 0 Å². The Morgan fingerprint density at radius 3 is 2.12 bits per heavy atom. The first-order chi connectivity index (χ1) is 11.4. The normalized spacial score (nSPS) is 15.8. The highest BCUT2D eigenvalue weighted by Crippen LogP contribution is 2.48. The summed E-state index contributed by atoms with van der Waals surface area (Å²) in [7, 11) is -0.984. The molecule has 1 saturated carbocycles. The van der Waals surface area contributed by atoms with Crippen molar-refractivity contribution < 1.29 is 17.9 Å². The summed E-state index contributed by atoms with van der Waals surface area (Å²) in [5, 5.41) is 0. The lowest BCUT2D eigenvalue weighted by molar-refractivity contribution is 0.372. The van der Waals surface area contributed by atoms with E-state index in [-0.39, 0.29) is 16.4 Å². The van der Waals surface area contributed by atoms with Crippen LogP contribution >= 0.6 is 0 Å². The molecule has 3 rings (SSSR count). The van der Waals surface area contributed by atoms with E-state index in [9.17, 15) is 8.42 Å². The van der Waals surface area contributed by atoms with Gasteiger partial charge < -0.3 is 15.2 Å². The lowest BCUT2D eigenvalue weighted by Crippen LogP contribution is -2.35. The second kappa shape index (κ2) is 5.99. The zero-order valence-electron chi connectivity index (χ0n) is 13.6. The van der Waals surface area contributed by atoms with Crippen LogP contribution in [0.15, 0.2) is 47.4 Å². The van der Waals surface area contributed by atoms with Gasteiger partial charge in [0.1, 0.15) is 11.5 Å². The Morgan fingerprint density at radius 1 is 1.04 bits per heavy atom. The van der Waals surface area contributed by atoms with Crippen LogP contribution in [0, 0.1) is 0 Å². The van der Waals surface area contributed by atoms with Crippen molar-refractivity contribution in [3.63, 3.8) is 0 Å². The molecular weight excluding hydrogens is 328 g/mol. The van der Waals surface area contributed by atoms with Crippen molar-refractivity contribution in [3.05, 3.63) is 48.0 Å². The molecular formula is C17H20N2O4S. The Labute approximate surface area is 141 Å². The van der Waals surface area contributed by atoms with Crippen LogP contribution in [0.2, 0.25) is 0 Å². The van der Waals surface area contributed by atoms with E-state index in [1.54, 1.807) is 30.3 Å². The van der Waals surface area contributed by atoms with Crippen LogP contribution in [-0.4, -0.2) is 22.6 Å². The highest BCUT2D eigenvalue weighted by Gasteiger charge is 2.48. The first-order valence-electron chi connectivity index (χ1n) is 7.53. The summed E-state index contributed by atoms with van der Waals surface area (Å²) in [6.45, 7) is 0. The van der Waals surface area contributed by atoms with Gasteiger partial charge in [-0.2, -0.15) is 0 Å². The van der Waals surface area contributed by atoms with Crippen LogP contribution < -0.4 is 19.9 Å². The molecule has 0 spiro atoms. The maximum atomic E-state index is 13.0. The molecule has 0 heterocycles. The van der Waals surface area contributed by atoms with Gasteiger partial charge in [0, 0.05) is 5.69 Å². The van der Waals surface area contributed by atoms with Crippen molar-refractivity contribution in [2.75, 3.05) is 20.0 Å². The van der Waals surface area contributed by atoms with Gasteiger partial charge in [0.15, 0.2) is 4.90 Å². The number of nitrogens with two attached hydrogens (primary N) is 1. The largest absolute Gasteiger partial charge is 0.495 e. The first kappa shape index (κ1) is 16.6. The minimum atomic E-state index is -3.84. The van der Waals surface area contributed by atoms with Gasteiger partial charge in [-0.1, -0.05) is 18.2 Å². The summed E-state index contributed by atoms with van der Waals surface area (Å²) >= 11 is 0. The van der Waals surface area contributed by atoms with Gasteiger partial charge in [-0.3, -0.25) is 0 Å². The van der Waals surface area contributed by atoms with Crippen molar-refractivity contribution in [1.82, 2.24) is 4.72 Å². The van der Waals surface area contributed by atoms with Crippen molar-refractivity contribution in [2.24, 2.45) is 0 Å². The van der Waals surface area contributed by atoms with Gasteiger partial charge in [0.25, 0.3) is 0 Å². The van der Waals surface area contributed by atoms with Crippen LogP contribution in [0.1, 0.15) is 18.4 Å². The van der Waals surface area contributed by atoms with E-state index in [0.717, 1.165) is 5.56 Å². The van der Waals surface area contributed by atoms with Crippen molar-refractivity contribution in [3.8, 4) is 11.5 Å². The SMILES string of the molecule is COc1cccc(OC)c1S(=O)(=O)NC1(c2cccc(N)c2)CC1. The minimum absolute atomic E-state index is 0.00479. The van der Waals surface area contributed by atoms with E-state index in [0.29, 0.717) is 18.5 Å². The maximum absolute atomic E-state index is 13.0. The molecule has 2 aromatic rings. The third kappa shape index (κ3) is 2.92. The van der Waals surface area contributed by atoms with E-state index >= 15 is 0 Å². The van der Waals surface area contributed by atoms with Crippen molar-refractivity contribution in [2.45, 2.75) is 23.3 Å². The molecule has 128 valence electrons. The lowest BCUT2D eigenvalue weighted by Gasteiger charge is -2.20. The van der Waals surface area contributed by atoms with Gasteiger partial charge in [0.2, 0.25) is 10.0 Å². The smallest absolute Gasteiger partial charge is 0.248 e. The van der Waals surface area contributed by atoms with Crippen LogP contribution in [0.3, 0.4) is 0 Å². The van der Waals surface area contributed by atoms with Crippen LogP contribution in [-0.2, 0) is 15.6 Å². The molecule has 6 nitrogen and oxygen atoms in total. The molecule has 0 aromatic heterocycles. The summed E-state index contributed by atoms with van der Waals surface area (Å²) in [6, 6.07) is 12.1. The number of ether oxygens (including phenoxy) is 2. The number of anilines is 1. The fraction of sp³-hybridized carbons (Fsp3) is 0.294. The molecule has 0 unspecified atom stereocenters. The fourth-order valence-corrected chi connectivity index (χ4v) is 4.57. The molecule has 0 aliphatic heterocycles. The predicted molar refractivity (Wildman–Crippen MR) is 91.6 cm³/mol. The molecule has 0 amide bonds. The summed E-state index contributed by atoms with van der Waals surface area (Å²) in [5.74, 6) is 0.482. The number of nitrogen functional groups attached to an aromatic ring is 1. The zero-order valence-corrected chi connectivity index (χ0v) is 14.4. The molecule has 7 heteroatoms. The van der Waals surface area contributed by atoms with E-state index in [4.69, 9.17) is 15.2 Å². The molecule has 1 aliphatic carbocycles. The maximum Gasteiger partial charge on any atom is 0.248 e. The molecule has 24 heavy (non-hydrogen) atoms. The second-order valence-electron chi connectivity index (χ2n) is 5.80. The Hall–Kier alpha value is -2.25. The quantitative estimate of drug-likeness (QED) is 0.782. The van der Waals surface area contributed by atoms with Gasteiger partial charge in [-0.15, -0.1) is 0 Å². The van der Waals surface area contributed by atoms with Gasteiger partial charge in [-0.05, 0) is 42.7 Å². The van der Waals surface area contributed by atoms with Crippen molar-refractivity contribution in [1.29, 1.82) is 0 Å². The highest BCUT2D eigenvalue weighted by atomic mass is 32.2. The Kier molecular flexibility index (Phi) is 4.15. The third-order valence-electron chi connectivity index (χ3n) is 4.17. The fourth-order valence-electron chi connectivity index (χ4n) is 2.80. The van der Waals surface area contributed by atoms with Crippen LogP contribution in [0.4, 0.5) is 5.69 Å². The molecule has 0 saturated heterocycles. The Morgan fingerprint density at radius 2 is 1.62 bits per heavy atom. The number of nitrogens with one attached hydrogen (secondary N) is 1. The predicted octanol–water partition coefficient (Wildman–Crippen LogP) is 2.25. The summed E-state index contributed by atoms with van der Waals surface area (Å²) < 4.78 is 39.2. The standard InChI is InChI=1S/C17H20N2O4S/c1-22-14-7-4-8-15(23-2)16(14)24(20,21)19-17(9-10-17)12-5-3-6-13(18)11-12/h3-8,11,19H,9-10,18H2,1-2H3. The van der Waals surface area contributed by atoms with E-state index < -0.39 is 15.6 Å².